The first-order valence-electron chi connectivity index (χ1n) is 16.0. The third kappa shape index (κ3) is 5.37. The number of hydrogen-bond donors (Lipinski definition) is 0. The van der Waals surface area contributed by atoms with Gasteiger partial charge in [0.2, 0.25) is 0 Å². The SMILES string of the molecule is CCN=Cc1c(OC)c(OC)c(C(C)C)c2c1C(=O)C(C1=C(C)C(=O)c3c(c(C=NCC)c(OC)c(OC)c3C(C)C)C1=O)=C(C)C2=O. The predicted molar refractivity (Wildman–Crippen MR) is 186 cm³/mol. The first-order chi connectivity index (χ1) is 22.8. The van der Waals surface area contributed by atoms with E-state index in [4.69, 9.17) is 18.9 Å². The molecular weight excluding hydrogens is 612 g/mol. The fourth-order valence-corrected chi connectivity index (χ4v) is 6.74. The summed E-state index contributed by atoms with van der Waals surface area (Å²) in [6, 6.07) is 0. The highest BCUT2D eigenvalue weighted by Crippen LogP contribution is 2.50. The maximum absolute atomic E-state index is 14.9. The molecule has 2 aromatic rings. The number of methoxy groups -OCH3 is 4. The minimum atomic E-state index is -0.588. The van der Waals surface area contributed by atoms with E-state index >= 15 is 0 Å². The van der Waals surface area contributed by atoms with Crippen molar-refractivity contribution in [3.05, 3.63) is 66.8 Å². The lowest BCUT2D eigenvalue weighted by atomic mass is 9.70. The number of ether oxygens (including phenoxy) is 4. The number of fused-ring (bicyclic) bond motifs is 2. The van der Waals surface area contributed by atoms with Crippen molar-refractivity contribution in [2.45, 2.75) is 67.2 Å². The molecule has 0 unspecified atom stereocenters. The van der Waals surface area contributed by atoms with Crippen LogP contribution in [0.2, 0.25) is 0 Å². The van der Waals surface area contributed by atoms with Gasteiger partial charge in [0, 0.05) is 81.2 Å². The quantitative estimate of drug-likeness (QED) is 0.238. The molecule has 0 radical (unpaired) electrons. The average Bonchev–Trinajstić information content (AvgIpc) is 3.06. The van der Waals surface area contributed by atoms with Crippen LogP contribution < -0.4 is 18.9 Å². The van der Waals surface area contributed by atoms with Gasteiger partial charge >= 0.3 is 0 Å². The van der Waals surface area contributed by atoms with Crippen LogP contribution in [0, 0.1) is 0 Å². The number of benzene rings is 2. The Kier molecular flexibility index (Phi) is 10.6. The highest BCUT2D eigenvalue weighted by atomic mass is 16.5. The van der Waals surface area contributed by atoms with Gasteiger partial charge in [-0.25, -0.2) is 0 Å². The van der Waals surface area contributed by atoms with Crippen molar-refractivity contribution in [1.82, 2.24) is 0 Å². The summed E-state index contributed by atoms with van der Waals surface area (Å²) in [5.74, 6) is -1.42. The van der Waals surface area contributed by atoms with Gasteiger partial charge < -0.3 is 18.9 Å². The topological polar surface area (TPSA) is 130 Å². The van der Waals surface area contributed by atoms with Gasteiger partial charge in [-0.2, -0.15) is 0 Å². The number of carbonyl (C=O) groups excluding carboxylic acids is 4. The molecule has 2 aliphatic rings. The number of rotatable bonds is 11. The first kappa shape index (κ1) is 36.0. The van der Waals surface area contributed by atoms with Gasteiger partial charge in [0.15, 0.2) is 46.1 Å². The van der Waals surface area contributed by atoms with Crippen molar-refractivity contribution < 1.29 is 38.1 Å². The molecule has 0 aromatic heterocycles. The largest absolute Gasteiger partial charge is 0.493 e. The van der Waals surface area contributed by atoms with Gasteiger partial charge in [0.1, 0.15) is 0 Å². The van der Waals surface area contributed by atoms with E-state index in [9.17, 15) is 19.2 Å². The van der Waals surface area contributed by atoms with Crippen LogP contribution in [0.25, 0.3) is 0 Å². The predicted octanol–water partition coefficient (Wildman–Crippen LogP) is 6.94. The molecule has 48 heavy (non-hydrogen) atoms. The van der Waals surface area contributed by atoms with Gasteiger partial charge in [-0.15, -0.1) is 0 Å². The summed E-state index contributed by atoms with van der Waals surface area (Å²) in [5, 5.41) is 0. The molecule has 0 spiro atoms. The van der Waals surface area contributed by atoms with E-state index in [1.54, 1.807) is 0 Å². The van der Waals surface area contributed by atoms with Gasteiger partial charge in [0.25, 0.3) is 0 Å². The molecule has 0 saturated heterocycles. The average molecular weight is 657 g/mol. The van der Waals surface area contributed by atoms with Crippen molar-refractivity contribution in [2.75, 3.05) is 41.5 Å². The van der Waals surface area contributed by atoms with Crippen LogP contribution in [0.4, 0.5) is 0 Å². The lowest BCUT2D eigenvalue weighted by molar-refractivity contribution is 0.0951. The smallest absolute Gasteiger partial charge is 0.195 e. The van der Waals surface area contributed by atoms with Crippen molar-refractivity contribution in [3.8, 4) is 23.0 Å². The summed E-state index contributed by atoms with van der Waals surface area (Å²) in [4.78, 5) is 67.6. The van der Waals surface area contributed by atoms with Crippen molar-refractivity contribution in [1.29, 1.82) is 0 Å². The van der Waals surface area contributed by atoms with Crippen LogP contribution in [-0.2, 0) is 0 Å². The summed E-state index contributed by atoms with van der Waals surface area (Å²) in [7, 11) is 5.86. The highest BCUT2D eigenvalue weighted by molar-refractivity contribution is 6.39. The number of Topliss-reactive ketones (excluding diaryl/α,β-unsaturated/α-hetero) is 4. The number of ketones is 4. The van der Waals surface area contributed by atoms with Crippen LogP contribution in [0.3, 0.4) is 0 Å². The van der Waals surface area contributed by atoms with Gasteiger partial charge in [-0.05, 0) is 39.5 Å². The van der Waals surface area contributed by atoms with E-state index in [1.807, 2.05) is 41.5 Å². The summed E-state index contributed by atoms with van der Waals surface area (Å²) >= 11 is 0. The van der Waals surface area contributed by atoms with E-state index in [-0.39, 0.29) is 79.0 Å². The number of hydrogen-bond acceptors (Lipinski definition) is 10. The second-order valence-corrected chi connectivity index (χ2v) is 12.2. The zero-order valence-electron chi connectivity index (χ0n) is 29.9. The zero-order chi connectivity index (χ0) is 35.8. The molecule has 0 amide bonds. The summed E-state index contributed by atoms with van der Waals surface area (Å²) in [5.41, 5.74) is 1.80. The molecule has 10 nitrogen and oxygen atoms in total. The monoisotopic (exact) mass is 656 g/mol. The molecule has 2 aromatic carbocycles. The van der Waals surface area contributed by atoms with E-state index in [0.29, 0.717) is 35.7 Å². The fourth-order valence-electron chi connectivity index (χ4n) is 6.74. The molecule has 0 saturated carbocycles. The Bertz CT molecular complexity index is 1740. The molecule has 2 aliphatic carbocycles. The van der Waals surface area contributed by atoms with Crippen molar-refractivity contribution >= 4 is 35.6 Å². The molecule has 10 heteroatoms. The summed E-state index contributed by atoms with van der Waals surface area (Å²) < 4.78 is 23.1. The Hall–Kier alpha value is -4.86. The minimum absolute atomic E-state index is 0.0484. The van der Waals surface area contributed by atoms with Crippen LogP contribution in [0.5, 0.6) is 23.0 Å². The third-order valence-corrected chi connectivity index (χ3v) is 8.79. The fraction of sp³-hybridized carbons (Fsp3) is 0.421. The highest BCUT2D eigenvalue weighted by Gasteiger charge is 2.45. The third-order valence-electron chi connectivity index (χ3n) is 8.79. The van der Waals surface area contributed by atoms with Gasteiger partial charge in [-0.3, -0.25) is 29.2 Å². The number of aliphatic imine (C=N–C) groups is 2. The maximum Gasteiger partial charge on any atom is 0.195 e. The van der Waals surface area contributed by atoms with Crippen LogP contribution >= 0.6 is 0 Å². The minimum Gasteiger partial charge on any atom is -0.493 e. The second-order valence-electron chi connectivity index (χ2n) is 12.2. The van der Waals surface area contributed by atoms with Crippen molar-refractivity contribution in [3.63, 3.8) is 0 Å². The number of allylic oxidation sites excluding steroid dienone is 4. The normalized spacial score (nSPS) is 15.0. The van der Waals surface area contributed by atoms with Crippen LogP contribution in [0.1, 0.15) is 131 Å². The molecule has 0 aliphatic heterocycles. The van der Waals surface area contributed by atoms with E-state index in [1.165, 1.54) is 54.7 Å². The first-order valence-corrected chi connectivity index (χ1v) is 16.0. The Morgan fingerprint density at radius 3 is 1.08 bits per heavy atom. The maximum atomic E-state index is 14.9. The second kappa shape index (κ2) is 14.1. The lowest BCUT2D eigenvalue weighted by Gasteiger charge is -2.31. The molecule has 4 rings (SSSR count). The molecular formula is C38H44N2O8. The summed E-state index contributed by atoms with van der Waals surface area (Å²) in [6.45, 7) is 15.1. The molecule has 254 valence electrons. The molecule has 0 fully saturated rings. The Labute approximate surface area is 281 Å². The number of carbonyl (C=O) groups is 4. The van der Waals surface area contributed by atoms with Gasteiger partial charge in [-0.1, -0.05) is 27.7 Å². The standard InChI is InChI=1S/C38H44N2O8/c1-13-39-15-21-27-29(23(17(3)4)37(47-11)35(21)45-9)31(41)19(7)25(33(27)43)26-20(8)32(42)30-24(18(5)6)38(48-12)36(46-10)22(16-40-14-2)28(30)34(26)44/h15-18H,13-14H2,1-12H3. The molecule has 0 atom stereocenters. The zero-order valence-corrected chi connectivity index (χ0v) is 29.9. The lowest BCUT2D eigenvalue weighted by Crippen LogP contribution is -2.32. The Balaban J connectivity index is 2.18. The van der Waals surface area contributed by atoms with E-state index in [0.717, 1.165) is 0 Å². The van der Waals surface area contributed by atoms with Crippen LogP contribution in [0.15, 0.2) is 32.3 Å². The number of nitrogens with zero attached hydrogens (tertiary/aromatic N) is 2. The van der Waals surface area contributed by atoms with E-state index < -0.39 is 23.1 Å². The van der Waals surface area contributed by atoms with Crippen LogP contribution in [-0.4, -0.2) is 77.1 Å². The van der Waals surface area contributed by atoms with E-state index in [2.05, 4.69) is 9.98 Å². The Morgan fingerprint density at radius 1 is 0.521 bits per heavy atom. The van der Waals surface area contributed by atoms with Gasteiger partial charge in [0.05, 0.1) is 39.6 Å². The molecule has 0 bridgehead atoms. The molecule has 0 heterocycles. The summed E-state index contributed by atoms with van der Waals surface area (Å²) in [6.07, 6.45) is 2.98. The Morgan fingerprint density at radius 2 is 0.833 bits per heavy atom. The molecule has 0 N–H and O–H groups in total. The van der Waals surface area contributed by atoms with Crippen molar-refractivity contribution in [2.24, 2.45) is 9.98 Å².